The number of amides is 2. The molecule has 2 heterocycles. The molecular weight excluding hydrogens is 523 g/mol. The molecule has 1 aliphatic heterocycles. The number of carboxylic acid groups (broad SMARTS) is 1. The summed E-state index contributed by atoms with van der Waals surface area (Å²) in [5.74, 6) is -4.43. The van der Waals surface area contributed by atoms with Crippen molar-refractivity contribution >= 4 is 35.4 Å². The van der Waals surface area contributed by atoms with E-state index in [2.05, 4.69) is 15.6 Å². The zero-order chi connectivity index (χ0) is 28.0. The van der Waals surface area contributed by atoms with Crippen LogP contribution >= 0.6 is 11.8 Å². The monoisotopic (exact) mass is 553 g/mol. The van der Waals surface area contributed by atoms with Gasteiger partial charge in [-0.3, -0.25) is 9.59 Å². The number of rotatable bonds is 11. The number of aliphatic carboxylic acids is 1. The fourth-order valence-corrected chi connectivity index (χ4v) is 5.09. The van der Waals surface area contributed by atoms with Crippen molar-refractivity contribution in [3.05, 3.63) is 59.0 Å². The number of aromatic nitrogens is 1. The van der Waals surface area contributed by atoms with Gasteiger partial charge >= 0.3 is 5.97 Å². The summed E-state index contributed by atoms with van der Waals surface area (Å²) in [7, 11) is 0. The lowest BCUT2D eigenvalue weighted by Gasteiger charge is -2.24. The van der Waals surface area contributed by atoms with Crippen LogP contribution in [0, 0.1) is 23.4 Å². The average Bonchev–Trinajstić information content (AvgIpc) is 3.35. The van der Waals surface area contributed by atoms with Crippen molar-refractivity contribution in [2.45, 2.75) is 50.7 Å². The molecule has 3 atom stereocenters. The predicted molar refractivity (Wildman–Crippen MR) is 137 cm³/mol. The number of carbonyl (C=O) groups excluding carboxylic acids is 2. The van der Waals surface area contributed by atoms with Gasteiger partial charge in [0.15, 0.2) is 17.0 Å². The van der Waals surface area contributed by atoms with E-state index in [0.717, 1.165) is 6.07 Å². The highest BCUT2D eigenvalue weighted by Crippen LogP contribution is 2.25. The lowest BCUT2D eigenvalue weighted by molar-refractivity contribution is -0.139. The van der Waals surface area contributed by atoms with Gasteiger partial charge in [-0.25, -0.2) is 22.9 Å². The third-order valence-electron chi connectivity index (χ3n) is 5.97. The number of hydrogen-bond donors (Lipinski definition) is 4. The first kappa shape index (κ1) is 29.2. The van der Waals surface area contributed by atoms with E-state index in [9.17, 15) is 32.7 Å². The molecule has 2 unspecified atom stereocenters. The highest BCUT2D eigenvalue weighted by molar-refractivity contribution is 8.00. The summed E-state index contributed by atoms with van der Waals surface area (Å²) in [6.07, 6.45) is 1.15. The fourth-order valence-electron chi connectivity index (χ4n) is 3.92. The molecule has 2 aromatic rings. The normalized spacial score (nSPS) is 16.8. The van der Waals surface area contributed by atoms with Gasteiger partial charge in [0.25, 0.3) is 5.91 Å². The zero-order valence-electron chi connectivity index (χ0n) is 20.9. The summed E-state index contributed by atoms with van der Waals surface area (Å²) in [5, 5.41) is 14.2. The second-order valence-electron chi connectivity index (χ2n) is 9.31. The molecular formula is C25H30F3N5O4S. The van der Waals surface area contributed by atoms with E-state index < -0.39 is 46.8 Å². The van der Waals surface area contributed by atoms with E-state index >= 15 is 0 Å². The molecule has 1 aliphatic rings. The Labute approximate surface area is 222 Å². The standard InChI is InChI=1S/C25H30F3N5O4S/c1-13(2)22(25(36)37)32-20-4-3-14(11-30-20)12-31-23(35)24-33(5-6-38-24)21(34)9-16(29)7-15-8-18(27)19(28)10-17(15)26/h3-4,8,10-11,13,16,22,24H,5-7,9,12,29H2,1-2H3,(H,30,32)(H,31,35)(H,36,37)/t16?,22?,24-/m0/s1. The third kappa shape index (κ3) is 7.60. The molecule has 1 aromatic carbocycles. The lowest BCUT2D eigenvalue weighted by Crippen LogP contribution is -2.46. The van der Waals surface area contributed by atoms with Crippen LogP contribution in [0.15, 0.2) is 30.5 Å². The minimum atomic E-state index is -1.31. The Morgan fingerprint density at radius 2 is 1.89 bits per heavy atom. The molecule has 1 fully saturated rings. The fraction of sp³-hybridized carbons (Fsp3) is 0.440. The minimum Gasteiger partial charge on any atom is -0.480 e. The number of carboxylic acids is 1. The van der Waals surface area contributed by atoms with E-state index in [1.54, 1.807) is 26.0 Å². The van der Waals surface area contributed by atoms with Gasteiger partial charge in [0.05, 0.1) is 0 Å². The molecule has 0 radical (unpaired) electrons. The van der Waals surface area contributed by atoms with Crippen LogP contribution in [-0.2, 0) is 27.3 Å². The molecule has 206 valence electrons. The first-order chi connectivity index (χ1) is 18.0. The number of hydrogen-bond acceptors (Lipinski definition) is 7. The van der Waals surface area contributed by atoms with Gasteiger partial charge in [-0.1, -0.05) is 19.9 Å². The van der Waals surface area contributed by atoms with Gasteiger partial charge in [-0.2, -0.15) is 0 Å². The number of pyridine rings is 1. The quantitative estimate of drug-likeness (QED) is 0.312. The van der Waals surface area contributed by atoms with Crippen molar-refractivity contribution in [1.82, 2.24) is 15.2 Å². The Kier molecular flexibility index (Phi) is 9.97. The molecule has 9 nitrogen and oxygen atoms in total. The summed E-state index contributed by atoms with van der Waals surface area (Å²) in [5.41, 5.74) is 6.53. The maximum atomic E-state index is 13.9. The number of thioether (sulfide) groups is 1. The summed E-state index contributed by atoms with van der Waals surface area (Å²) < 4.78 is 40.5. The van der Waals surface area contributed by atoms with Gasteiger partial charge in [0.1, 0.15) is 17.7 Å². The average molecular weight is 554 g/mol. The molecule has 1 aromatic heterocycles. The van der Waals surface area contributed by atoms with Gasteiger partial charge in [-0.05, 0) is 35.6 Å². The largest absolute Gasteiger partial charge is 0.480 e. The van der Waals surface area contributed by atoms with Crippen LogP contribution in [0.1, 0.15) is 31.4 Å². The second-order valence-corrected chi connectivity index (χ2v) is 10.5. The Morgan fingerprint density at radius 1 is 1.18 bits per heavy atom. The number of anilines is 1. The van der Waals surface area contributed by atoms with E-state index in [1.165, 1.54) is 22.9 Å². The molecule has 2 amide bonds. The van der Waals surface area contributed by atoms with Crippen LogP contribution in [0.25, 0.3) is 0 Å². The molecule has 0 saturated carbocycles. The summed E-state index contributed by atoms with van der Waals surface area (Å²) in [4.78, 5) is 42.6. The van der Waals surface area contributed by atoms with Crippen LogP contribution in [0.2, 0.25) is 0 Å². The van der Waals surface area contributed by atoms with E-state index in [0.29, 0.717) is 29.7 Å². The smallest absolute Gasteiger partial charge is 0.326 e. The SMILES string of the molecule is CC(C)C(Nc1ccc(CNC(=O)[C@@H]2SCCN2C(=O)CC(N)Cc2cc(F)c(F)cc2F)cn1)C(=O)O. The molecule has 0 spiro atoms. The van der Waals surface area contributed by atoms with Crippen molar-refractivity contribution in [3.63, 3.8) is 0 Å². The minimum absolute atomic E-state index is 0.133. The maximum Gasteiger partial charge on any atom is 0.326 e. The van der Waals surface area contributed by atoms with Crippen LogP contribution < -0.4 is 16.4 Å². The topological polar surface area (TPSA) is 138 Å². The van der Waals surface area contributed by atoms with E-state index in [1.807, 2.05) is 0 Å². The highest BCUT2D eigenvalue weighted by atomic mass is 32.2. The van der Waals surface area contributed by atoms with Gasteiger partial charge in [0, 0.05) is 43.6 Å². The zero-order valence-corrected chi connectivity index (χ0v) is 21.7. The third-order valence-corrected chi connectivity index (χ3v) is 7.17. The summed E-state index contributed by atoms with van der Waals surface area (Å²) in [6.45, 7) is 4.04. The number of halogens is 3. The summed E-state index contributed by atoms with van der Waals surface area (Å²) in [6, 6.07) is 2.84. The Bertz CT molecular complexity index is 1170. The molecule has 38 heavy (non-hydrogen) atoms. The van der Waals surface area contributed by atoms with Crippen LogP contribution in [0.3, 0.4) is 0 Å². The molecule has 0 aliphatic carbocycles. The molecule has 5 N–H and O–H groups in total. The van der Waals surface area contributed by atoms with E-state index in [-0.39, 0.29) is 36.8 Å². The van der Waals surface area contributed by atoms with Crippen molar-refractivity contribution in [1.29, 1.82) is 0 Å². The number of benzene rings is 1. The molecule has 0 bridgehead atoms. The van der Waals surface area contributed by atoms with Crippen LogP contribution in [0.4, 0.5) is 19.0 Å². The van der Waals surface area contributed by atoms with Gasteiger partial charge in [-0.15, -0.1) is 11.8 Å². The number of nitrogens with two attached hydrogens (primary N) is 1. The maximum absolute atomic E-state index is 13.9. The van der Waals surface area contributed by atoms with E-state index in [4.69, 9.17) is 5.73 Å². The molecule has 1 saturated heterocycles. The van der Waals surface area contributed by atoms with Gasteiger partial charge < -0.3 is 26.4 Å². The number of nitrogens with zero attached hydrogens (tertiary/aromatic N) is 2. The first-order valence-corrected chi connectivity index (χ1v) is 13.0. The number of nitrogens with one attached hydrogen (secondary N) is 2. The predicted octanol–water partition coefficient (Wildman–Crippen LogP) is 2.50. The first-order valence-electron chi connectivity index (χ1n) is 12.0. The Balaban J connectivity index is 1.52. The molecule has 3 rings (SSSR count). The lowest BCUT2D eigenvalue weighted by atomic mass is 10.0. The highest BCUT2D eigenvalue weighted by Gasteiger charge is 2.35. The van der Waals surface area contributed by atoms with Crippen molar-refractivity contribution in [2.24, 2.45) is 11.7 Å². The Morgan fingerprint density at radius 3 is 2.53 bits per heavy atom. The van der Waals surface area contributed by atoms with Gasteiger partial charge in [0.2, 0.25) is 5.91 Å². The second kappa shape index (κ2) is 13.0. The van der Waals surface area contributed by atoms with Crippen molar-refractivity contribution in [3.8, 4) is 0 Å². The van der Waals surface area contributed by atoms with Crippen LogP contribution in [-0.4, -0.2) is 62.5 Å². The van der Waals surface area contributed by atoms with Crippen molar-refractivity contribution < 1.29 is 32.7 Å². The Hall–Kier alpha value is -3.32. The molecule has 13 heteroatoms. The van der Waals surface area contributed by atoms with Crippen LogP contribution in [0.5, 0.6) is 0 Å². The van der Waals surface area contributed by atoms with Crippen molar-refractivity contribution in [2.75, 3.05) is 17.6 Å². The number of carbonyl (C=O) groups is 3. The summed E-state index contributed by atoms with van der Waals surface area (Å²) >= 11 is 1.29.